The molecule has 2 aromatic heterocycles. The second kappa shape index (κ2) is 4.52. The van der Waals surface area contributed by atoms with Gasteiger partial charge in [-0.25, -0.2) is 14.8 Å². The highest BCUT2D eigenvalue weighted by Gasteiger charge is 2.30. The van der Waals surface area contributed by atoms with E-state index in [2.05, 4.69) is 15.3 Å². The Kier molecular flexibility index (Phi) is 2.77. The first-order valence-electron chi connectivity index (χ1n) is 7.23. The fourth-order valence-electron chi connectivity index (χ4n) is 2.90. The molecule has 2 saturated carbocycles. The topological polar surface area (TPSA) is 63.1 Å². The SMILES string of the molecule is O=C(O)c1nc(CC2CCC2)nc2scc(C3CC3)c12. The fraction of sp³-hybridized carbons (Fsp3) is 0.533. The quantitative estimate of drug-likeness (QED) is 0.933. The molecule has 0 spiro atoms. The molecular formula is C15H16N2O2S. The second-order valence-corrected chi connectivity index (χ2v) is 6.80. The molecule has 2 aliphatic carbocycles. The van der Waals surface area contributed by atoms with E-state index < -0.39 is 5.97 Å². The van der Waals surface area contributed by atoms with Gasteiger partial charge in [-0.15, -0.1) is 11.3 Å². The number of hydrogen-bond acceptors (Lipinski definition) is 4. The lowest BCUT2D eigenvalue weighted by Gasteiger charge is -2.24. The molecule has 0 radical (unpaired) electrons. The van der Waals surface area contributed by atoms with E-state index in [1.165, 1.54) is 19.3 Å². The first kappa shape index (κ1) is 12.3. The molecule has 104 valence electrons. The first-order chi connectivity index (χ1) is 9.72. The maximum absolute atomic E-state index is 11.5. The number of aromatic carboxylic acids is 1. The van der Waals surface area contributed by atoms with Gasteiger partial charge in [-0.1, -0.05) is 19.3 Å². The van der Waals surface area contributed by atoms with Crippen molar-refractivity contribution in [2.75, 3.05) is 0 Å². The molecule has 0 amide bonds. The molecule has 0 atom stereocenters. The van der Waals surface area contributed by atoms with Crippen molar-refractivity contribution in [1.29, 1.82) is 0 Å². The molecule has 2 aromatic rings. The van der Waals surface area contributed by atoms with Crippen molar-refractivity contribution >= 4 is 27.5 Å². The molecule has 2 fully saturated rings. The van der Waals surface area contributed by atoms with Gasteiger partial charge in [-0.05, 0) is 35.6 Å². The molecule has 0 aliphatic heterocycles. The predicted molar refractivity (Wildman–Crippen MR) is 77.4 cm³/mol. The lowest BCUT2D eigenvalue weighted by molar-refractivity contribution is 0.0692. The highest BCUT2D eigenvalue weighted by atomic mass is 32.1. The van der Waals surface area contributed by atoms with E-state index in [1.807, 2.05) is 0 Å². The molecule has 2 aliphatic rings. The minimum atomic E-state index is -0.924. The van der Waals surface area contributed by atoms with Crippen LogP contribution in [-0.2, 0) is 6.42 Å². The summed E-state index contributed by atoms with van der Waals surface area (Å²) in [4.78, 5) is 21.4. The van der Waals surface area contributed by atoms with Crippen molar-refractivity contribution in [2.24, 2.45) is 5.92 Å². The molecule has 5 heteroatoms. The Morgan fingerprint density at radius 1 is 1.30 bits per heavy atom. The molecule has 0 unspecified atom stereocenters. The molecular weight excluding hydrogens is 272 g/mol. The molecule has 4 rings (SSSR count). The Morgan fingerprint density at radius 2 is 2.10 bits per heavy atom. The van der Waals surface area contributed by atoms with E-state index in [0.29, 0.717) is 17.7 Å². The Labute approximate surface area is 120 Å². The van der Waals surface area contributed by atoms with Gasteiger partial charge < -0.3 is 5.11 Å². The van der Waals surface area contributed by atoms with Crippen LogP contribution in [0.2, 0.25) is 0 Å². The summed E-state index contributed by atoms with van der Waals surface area (Å²) in [6.07, 6.45) is 6.88. The zero-order chi connectivity index (χ0) is 13.7. The third kappa shape index (κ3) is 2.00. The fourth-order valence-corrected chi connectivity index (χ4v) is 3.94. The number of fused-ring (bicyclic) bond motifs is 1. The van der Waals surface area contributed by atoms with Crippen LogP contribution in [0.15, 0.2) is 5.38 Å². The van der Waals surface area contributed by atoms with Gasteiger partial charge in [-0.2, -0.15) is 0 Å². The second-order valence-electron chi connectivity index (χ2n) is 5.94. The van der Waals surface area contributed by atoms with E-state index in [1.54, 1.807) is 11.3 Å². The Hall–Kier alpha value is -1.49. The van der Waals surface area contributed by atoms with Crippen molar-refractivity contribution in [1.82, 2.24) is 9.97 Å². The number of nitrogens with zero attached hydrogens (tertiary/aromatic N) is 2. The monoisotopic (exact) mass is 288 g/mol. The number of aromatic nitrogens is 2. The van der Waals surface area contributed by atoms with Gasteiger partial charge in [0.25, 0.3) is 0 Å². The average Bonchev–Trinajstić information content (AvgIpc) is 3.13. The van der Waals surface area contributed by atoms with Crippen molar-refractivity contribution in [3.8, 4) is 0 Å². The maximum atomic E-state index is 11.5. The zero-order valence-electron chi connectivity index (χ0n) is 11.1. The van der Waals surface area contributed by atoms with Crippen LogP contribution in [0.5, 0.6) is 0 Å². The zero-order valence-corrected chi connectivity index (χ0v) is 11.9. The van der Waals surface area contributed by atoms with E-state index in [9.17, 15) is 9.90 Å². The number of carboxylic acids is 1. The molecule has 20 heavy (non-hydrogen) atoms. The van der Waals surface area contributed by atoms with E-state index in [-0.39, 0.29) is 5.69 Å². The van der Waals surface area contributed by atoms with Crippen LogP contribution >= 0.6 is 11.3 Å². The normalized spacial score (nSPS) is 19.2. The van der Waals surface area contributed by atoms with Gasteiger partial charge in [0.2, 0.25) is 0 Å². The minimum absolute atomic E-state index is 0.215. The van der Waals surface area contributed by atoms with Crippen LogP contribution in [-0.4, -0.2) is 21.0 Å². The van der Waals surface area contributed by atoms with Gasteiger partial charge in [0.15, 0.2) is 5.69 Å². The molecule has 0 saturated heterocycles. The Bertz CT molecular complexity index is 686. The summed E-state index contributed by atoms with van der Waals surface area (Å²) in [7, 11) is 0. The number of hydrogen-bond donors (Lipinski definition) is 1. The van der Waals surface area contributed by atoms with Crippen molar-refractivity contribution < 1.29 is 9.90 Å². The largest absolute Gasteiger partial charge is 0.476 e. The van der Waals surface area contributed by atoms with E-state index >= 15 is 0 Å². The molecule has 0 aromatic carbocycles. The predicted octanol–water partition coefficient (Wildman–Crippen LogP) is 3.61. The number of carbonyl (C=O) groups is 1. The van der Waals surface area contributed by atoms with Gasteiger partial charge >= 0.3 is 5.97 Å². The van der Waals surface area contributed by atoms with Crippen LogP contribution < -0.4 is 0 Å². The van der Waals surface area contributed by atoms with Crippen LogP contribution in [0.25, 0.3) is 10.2 Å². The summed E-state index contributed by atoms with van der Waals surface area (Å²) < 4.78 is 0. The average molecular weight is 288 g/mol. The lowest BCUT2D eigenvalue weighted by atomic mass is 9.83. The summed E-state index contributed by atoms with van der Waals surface area (Å²) >= 11 is 1.57. The van der Waals surface area contributed by atoms with E-state index in [4.69, 9.17) is 0 Å². The van der Waals surface area contributed by atoms with Crippen LogP contribution in [0.1, 0.15) is 59.9 Å². The summed E-state index contributed by atoms with van der Waals surface area (Å²) in [6, 6.07) is 0. The maximum Gasteiger partial charge on any atom is 0.355 e. The third-order valence-corrected chi connectivity index (χ3v) is 5.31. The van der Waals surface area contributed by atoms with Crippen LogP contribution in [0.3, 0.4) is 0 Å². The summed E-state index contributed by atoms with van der Waals surface area (Å²) in [5, 5.41) is 12.3. The Morgan fingerprint density at radius 3 is 2.70 bits per heavy atom. The molecule has 2 heterocycles. The van der Waals surface area contributed by atoms with Gasteiger partial charge in [0, 0.05) is 11.8 Å². The van der Waals surface area contributed by atoms with Gasteiger partial charge in [0.05, 0.1) is 0 Å². The number of carboxylic acid groups (broad SMARTS) is 1. The third-order valence-electron chi connectivity index (χ3n) is 4.42. The summed E-state index contributed by atoms with van der Waals surface area (Å²) in [5.74, 6) is 0.969. The van der Waals surface area contributed by atoms with Crippen molar-refractivity contribution in [2.45, 2.75) is 44.4 Å². The standard InChI is InChI=1S/C15H16N2O2S/c18-15(19)13-12-10(9-4-5-9)7-20-14(12)17-11(16-13)6-8-2-1-3-8/h7-9H,1-6H2,(H,18,19). The van der Waals surface area contributed by atoms with Crippen molar-refractivity contribution in [3.05, 3.63) is 22.5 Å². The van der Waals surface area contributed by atoms with Gasteiger partial charge in [-0.3, -0.25) is 0 Å². The summed E-state index contributed by atoms with van der Waals surface area (Å²) in [5.41, 5.74) is 1.37. The molecule has 4 nitrogen and oxygen atoms in total. The molecule has 0 bridgehead atoms. The van der Waals surface area contributed by atoms with Crippen LogP contribution in [0, 0.1) is 5.92 Å². The number of rotatable bonds is 4. The highest BCUT2D eigenvalue weighted by Crippen LogP contribution is 2.45. The molecule has 1 N–H and O–H groups in total. The van der Waals surface area contributed by atoms with Crippen molar-refractivity contribution in [3.63, 3.8) is 0 Å². The van der Waals surface area contributed by atoms with Crippen LogP contribution in [0.4, 0.5) is 0 Å². The minimum Gasteiger partial charge on any atom is -0.476 e. The summed E-state index contributed by atoms with van der Waals surface area (Å²) in [6.45, 7) is 0. The van der Waals surface area contributed by atoms with E-state index in [0.717, 1.165) is 35.0 Å². The number of thiophene rings is 1. The first-order valence-corrected chi connectivity index (χ1v) is 8.11. The highest BCUT2D eigenvalue weighted by molar-refractivity contribution is 7.17. The van der Waals surface area contributed by atoms with Gasteiger partial charge in [0.1, 0.15) is 10.7 Å². The smallest absolute Gasteiger partial charge is 0.355 e. The Balaban J connectivity index is 1.81. The lowest BCUT2D eigenvalue weighted by Crippen LogP contribution is -2.16.